The minimum atomic E-state index is 0.849. The largest absolute Gasteiger partial charge is 0.368 e. The van der Waals surface area contributed by atoms with Crippen molar-refractivity contribution < 1.29 is 0 Å². The first kappa shape index (κ1) is 11.1. The van der Waals surface area contributed by atoms with Gasteiger partial charge in [-0.2, -0.15) is 0 Å². The van der Waals surface area contributed by atoms with Gasteiger partial charge in [0.25, 0.3) is 0 Å². The van der Waals surface area contributed by atoms with E-state index in [9.17, 15) is 0 Å². The quantitative estimate of drug-likeness (QED) is 0.816. The number of rotatable bonds is 3. The van der Waals surface area contributed by atoms with E-state index in [0.717, 1.165) is 22.9 Å². The second-order valence-corrected chi connectivity index (χ2v) is 4.84. The minimum absolute atomic E-state index is 0.849. The maximum Gasteiger partial charge on any atom is 0.112 e. The summed E-state index contributed by atoms with van der Waals surface area (Å²) < 4.78 is 0. The highest BCUT2D eigenvalue weighted by Crippen LogP contribution is 2.17. The molecule has 0 spiro atoms. The lowest BCUT2D eigenvalue weighted by molar-refractivity contribution is 0.901. The van der Waals surface area contributed by atoms with Gasteiger partial charge in [-0.3, -0.25) is 4.98 Å². The fourth-order valence-corrected chi connectivity index (χ4v) is 2.36. The van der Waals surface area contributed by atoms with Gasteiger partial charge >= 0.3 is 0 Å². The van der Waals surface area contributed by atoms with Gasteiger partial charge < -0.3 is 4.90 Å². The lowest BCUT2D eigenvalue weighted by Crippen LogP contribution is -2.16. The van der Waals surface area contributed by atoms with Crippen molar-refractivity contribution in [2.24, 2.45) is 0 Å². The normalized spacial score (nSPS) is 10.4. The maximum absolute atomic E-state index is 4.46. The number of thiazole rings is 1. The molecule has 4 heteroatoms. The van der Waals surface area contributed by atoms with Crippen molar-refractivity contribution in [2.75, 3.05) is 11.9 Å². The number of aromatic nitrogens is 2. The van der Waals surface area contributed by atoms with Crippen molar-refractivity contribution in [3.05, 3.63) is 40.1 Å². The summed E-state index contributed by atoms with van der Waals surface area (Å²) in [5.74, 6) is 0. The van der Waals surface area contributed by atoms with Gasteiger partial charge in [-0.05, 0) is 26.0 Å². The van der Waals surface area contributed by atoms with E-state index in [1.54, 1.807) is 11.3 Å². The number of hydrogen-bond acceptors (Lipinski definition) is 4. The van der Waals surface area contributed by atoms with E-state index in [1.165, 1.54) is 5.69 Å². The number of nitrogens with zero attached hydrogens (tertiary/aromatic N) is 3. The molecule has 0 aliphatic rings. The fraction of sp³-hybridized carbons (Fsp3) is 0.333. The Balaban J connectivity index is 2.11. The summed E-state index contributed by atoms with van der Waals surface area (Å²) in [7, 11) is 2.07. The second kappa shape index (κ2) is 4.61. The Bertz CT molecular complexity index is 479. The van der Waals surface area contributed by atoms with Crippen molar-refractivity contribution in [1.82, 2.24) is 9.97 Å². The average molecular weight is 233 g/mol. The molecule has 2 aromatic rings. The molecule has 0 unspecified atom stereocenters. The number of hydrogen-bond donors (Lipinski definition) is 0. The van der Waals surface area contributed by atoms with Crippen LogP contribution in [0.15, 0.2) is 23.7 Å². The van der Waals surface area contributed by atoms with Crippen LogP contribution >= 0.6 is 11.3 Å². The Morgan fingerprint density at radius 2 is 2.12 bits per heavy atom. The molecule has 0 aliphatic heterocycles. The number of pyridine rings is 1. The SMILES string of the molecule is Cc1cc(N(C)Cc2nc(C)cs2)ccn1. The van der Waals surface area contributed by atoms with E-state index < -0.39 is 0 Å². The molecule has 3 nitrogen and oxygen atoms in total. The summed E-state index contributed by atoms with van der Waals surface area (Å²) >= 11 is 1.71. The van der Waals surface area contributed by atoms with E-state index in [2.05, 4.69) is 33.4 Å². The van der Waals surface area contributed by atoms with Crippen LogP contribution in [0.5, 0.6) is 0 Å². The Kier molecular flexibility index (Phi) is 3.19. The third-order valence-electron chi connectivity index (χ3n) is 2.36. The summed E-state index contributed by atoms with van der Waals surface area (Å²) in [6.07, 6.45) is 1.84. The summed E-state index contributed by atoms with van der Waals surface area (Å²) in [4.78, 5) is 10.8. The number of aryl methyl sites for hydroxylation is 2. The van der Waals surface area contributed by atoms with Gasteiger partial charge in [-0.25, -0.2) is 4.98 Å². The lowest BCUT2D eigenvalue weighted by atomic mass is 10.3. The van der Waals surface area contributed by atoms with Gasteiger partial charge in [-0.15, -0.1) is 11.3 Å². The summed E-state index contributed by atoms with van der Waals surface area (Å²) in [6, 6.07) is 4.11. The molecule has 0 saturated carbocycles. The highest BCUT2D eigenvalue weighted by molar-refractivity contribution is 7.09. The molecule has 84 valence electrons. The third-order valence-corrected chi connectivity index (χ3v) is 3.31. The van der Waals surface area contributed by atoms with Crippen LogP contribution in [0.4, 0.5) is 5.69 Å². The molecule has 0 amide bonds. The first-order valence-electron chi connectivity index (χ1n) is 5.20. The van der Waals surface area contributed by atoms with Gasteiger partial charge in [0, 0.05) is 35.7 Å². The van der Waals surface area contributed by atoms with E-state index >= 15 is 0 Å². The van der Waals surface area contributed by atoms with Crippen molar-refractivity contribution in [3.63, 3.8) is 0 Å². The topological polar surface area (TPSA) is 29.0 Å². The van der Waals surface area contributed by atoms with E-state index in [4.69, 9.17) is 0 Å². The van der Waals surface area contributed by atoms with Gasteiger partial charge in [0.05, 0.1) is 6.54 Å². The molecule has 0 bridgehead atoms. The molecule has 0 aromatic carbocycles. The molecule has 0 N–H and O–H groups in total. The zero-order valence-corrected chi connectivity index (χ0v) is 10.6. The minimum Gasteiger partial charge on any atom is -0.368 e. The van der Waals surface area contributed by atoms with Crippen LogP contribution in [0.3, 0.4) is 0 Å². The molecule has 0 radical (unpaired) electrons. The Morgan fingerprint density at radius 1 is 1.31 bits per heavy atom. The molecule has 2 heterocycles. The predicted molar refractivity (Wildman–Crippen MR) is 67.9 cm³/mol. The Hall–Kier alpha value is -1.42. The first-order chi connectivity index (χ1) is 7.65. The highest BCUT2D eigenvalue weighted by atomic mass is 32.1. The van der Waals surface area contributed by atoms with Crippen LogP contribution in [-0.4, -0.2) is 17.0 Å². The molecule has 0 fully saturated rings. The van der Waals surface area contributed by atoms with Crippen molar-refractivity contribution in [1.29, 1.82) is 0 Å². The van der Waals surface area contributed by atoms with Gasteiger partial charge in [0.2, 0.25) is 0 Å². The van der Waals surface area contributed by atoms with Crippen LogP contribution < -0.4 is 4.90 Å². The average Bonchev–Trinajstić information content (AvgIpc) is 2.64. The lowest BCUT2D eigenvalue weighted by Gasteiger charge is -2.17. The maximum atomic E-state index is 4.46. The number of anilines is 1. The van der Waals surface area contributed by atoms with Crippen LogP contribution in [-0.2, 0) is 6.54 Å². The van der Waals surface area contributed by atoms with E-state index in [-0.39, 0.29) is 0 Å². The Morgan fingerprint density at radius 3 is 2.75 bits per heavy atom. The van der Waals surface area contributed by atoms with E-state index in [1.807, 2.05) is 26.1 Å². The van der Waals surface area contributed by atoms with E-state index in [0.29, 0.717) is 0 Å². The molecule has 2 aromatic heterocycles. The van der Waals surface area contributed by atoms with Crippen molar-refractivity contribution in [3.8, 4) is 0 Å². The van der Waals surface area contributed by atoms with Gasteiger partial charge in [0.15, 0.2) is 0 Å². The molecule has 0 atom stereocenters. The molecule has 16 heavy (non-hydrogen) atoms. The van der Waals surface area contributed by atoms with Gasteiger partial charge in [0.1, 0.15) is 5.01 Å². The fourth-order valence-electron chi connectivity index (χ4n) is 1.54. The summed E-state index contributed by atoms with van der Waals surface area (Å²) in [5, 5.41) is 3.23. The molecule has 0 aliphatic carbocycles. The summed E-state index contributed by atoms with van der Waals surface area (Å²) in [6.45, 7) is 4.88. The smallest absolute Gasteiger partial charge is 0.112 e. The second-order valence-electron chi connectivity index (χ2n) is 3.89. The predicted octanol–water partition coefficient (Wildman–Crippen LogP) is 2.79. The monoisotopic (exact) mass is 233 g/mol. The third kappa shape index (κ3) is 2.58. The van der Waals surface area contributed by atoms with Crippen LogP contribution in [0, 0.1) is 13.8 Å². The zero-order chi connectivity index (χ0) is 11.5. The zero-order valence-electron chi connectivity index (χ0n) is 9.77. The standard InChI is InChI=1S/C12H15N3S/c1-9-6-11(4-5-13-9)15(3)7-12-14-10(2)8-16-12/h4-6,8H,7H2,1-3H3. The van der Waals surface area contributed by atoms with Crippen LogP contribution in [0.25, 0.3) is 0 Å². The Labute approximate surface area is 99.8 Å². The first-order valence-corrected chi connectivity index (χ1v) is 6.08. The highest BCUT2D eigenvalue weighted by Gasteiger charge is 2.05. The molecule has 2 rings (SSSR count). The molecule has 0 saturated heterocycles. The summed E-state index contributed by atoms with van der Waals surface area (Å²) in [5.41, 5.74) is 3.32. The van der Waals surface area contributed by atoms with Gasteiger partial charge in [-0.1, -0.05) is 0 Å². The van der Waals surface area contributed by atoms with Crippen molar-refractivity contribution >= 4 is 17.0 Å². The molecular formula is C12H15N3S. The molecular weight excluding hydrogens is 218 g/mol. The van der Waals surface area contributed by atoms with Crippen LogP contribution in [0.2, 0.25) is 0 Å². The van der Waals surface area contributed by atoms with Crippen molar-refractivity contribution in [2.45, 2.75) is 20.4 Å². The van der Waals surface area contributed by atoms with Crippen LogP contribution in [0.1, 0.15) is 16.4 Å².